The molecule has 0 radical (unpaired) electrons. The van der Waals surface area contributed by atoms with E-state index in [-0.39, 0.29) is 12.3 Å². The smallest absolute Gasteiger partial charge is 0.397 e. The summed E-state index contributed by atoms with van der Waals surface area (Å²) < 4.78 is 37.6. The molecule has 6 heteroatoms. The Labute approximate surface area is 120 Å². The predicted molar refractivity (Wildman–Crippen MR) is 76.4 cm³/mol. The van der Waals surface area contributed by atoms with Crippen LogP contribution >= 0.6 is 0 Å². The van der Waals surface area contributed by atoms with Crippen LogP contribution in [0.25, 0.3) is 0 Å². The zero-order chi connectivity index (χ0) is 15.5. The maximum absolute atomic E-state index is 12.5. The zero-order valence-electron chi connectivity index (χ0n) is 11.1. The van der Waals surface area contributed by atoms with Crippen LogP contribution in [0, 0.1) is 0 Å². The topological polar surface area (TPSA) is 58.3 Å². The van der Waals surface area contributed by atoms with E-state index in [0.717, 1.165) is 17.7 Å². The molecule has 0 aliphatic heterocycles. The molecule has 112 valence electrons. The summed E-state index contributed by atoms with van der Waals surface area (Å²) in [6.07, 6.45) is -3.85. The van der Waals surface area contributed by atoms with Crippen LogP contribution in [0.15, 0.2) is 42.5 Å². The number of hydrogen-bond acceptors (Lipinski definition) is 3. The van der Waals surface area contributed by atoms with Gasteiger partial charge in [-0.3, -0.25) is 0 Å². The predicted octanol–water partition coefficient (Wildman–Crippen LogP) is 3.57. The summed E-state index contributed by atoms with van der Waals surface area (Å²) in [5.41, 5.74) is 7.01. The first kappa shape index (κ1) is 15.2. The normalized spacial score (nSPS) is 11.4. The maximum Gasteiger partial charge on any atom is 0.416 e. The fourth-order valence-electron chi connectivity index (χ4n) is 1.89. The van der Waals surface area contributed by atoms with Crippen LogP contribution in [0.3, 0.4) is 0 Å². The van der Waals surface area contributed by atoms with Crippen molar-refractivity contribution >= 4 is 17.1 Å². The van der Waals surface area contributed by atoms with Crippen molar-refractivity contribution in [1.29, 1.82) is 0 Å². The molecule has 21 heavy (non-hydrogen) atoms. The SMILES string of the molecule is Nc1cc(C(F)(F)F)ccc1Nc1ccc(CCO)cc1. The number of hydrogen-bond donors (Lipinski definition) is 3. The summed E-state index contributed by atoms with van der Waals surface area (Å²) in [5, 5.41) is 11.8. The summed E-state index contributed by atoms with van der Waals surface area (Å²) in [7, 11) is 0. The van der Waals surface area contributed by atoms with Gasteiger partial charge in [-0.1, -0.05) is 12.1 Å². The minimum Gasteiger partial charge on any atom is -0.397 e. The molecule has 0 saturated heterocycles. The Hall–Kier alpha value is -2.21. The number of halogens is 3. The third-order valence-electron chi connectivity index (χ3n) is 3.01. The first-order valence-corrected chi connectivity index (χ1v) is 6.33. The van der Waals surface area contributed by atoms with Gasteiger partial charge in [0.2, 0.25) is 0 Å². The quantitative estimate of drug-likeness (QED) is 0.756. The Bertz CT molecular complexity index is 609. The molecule has 0 unspecified atom stereocenters. The summed E-state index contributed by atoms with van der Waals surface area (Å²) in [6.45, 7) is 0.0681. The molecular formula is C15H15F3N2O. The highest BCUT2D eigenvalue weighted by atomic mass is 19.4. The summed E-state index contributed by atoms with van der Waals surface area (Å²) in [5.74, 6) is 0. The molecule has 0 aliphatic rings. The molecule has 0 heterocycles. The van der Waals surface area contributed by atoms with E-state index in [0.29, 0.717) is 17.8 Å². The molecule has 4 N–H and O–H groups in total. The summed E-state index contributed by atoms with van der Waals surface area (Å²) in [4.78, 5) is 0. The van der Waals surface area contributed by atoms with Gasteiger partial charge in [-0.2, -0.15) is 13.2 Å². The van der Waals surface area contributed by atoms with Gasteiger partial charge in [0.05, 0.1) is 16.9 Å². The van der Waals surface area contributed by atoms with Gasteiger partial charge in [0.1, 0.15) is 0 Å². The van der Waals surface area contributed by atoms with Crippen LogP contribution < -0.4 is 11.1 Å². The standard InChI is InChI=1S/C15H15F3N2O/c16-15(17,18)11-3-6-14(13(19)9-11)20-12-4-1-10(2-5-12)7-8-21/h1-6,9,20-21H,7-8,19H2. The van der Waals surface area contributed by atoms with Crippen LogP contribution in [-0.4, -0.2) is 11.7 Å². The highest BCUT2D eigenvalue weighted by molar-refractivity contribution is 5.73. The molecule has 0 fully saturated rings. The van der Waals surface area contributed by atoms with Crippen molar-refractivity contribution < 1.29 is 18.3 Å². The van der Waals surface area contributed by atoms with Gasteiger partial charge in [0, 0.05) is 12.3 Å². The molecule has 0 atom stereocenters. The number of anilines is 3. The molecule has 3 nitrogen and oxygen atoms in total. The zero-order valence-corrected chi connectivity index (χ0v) is 11.1. The van der Waals surface area contributed by atoms with Gasteiger partial charge in [-0.05, 0) is 42.3 Å². The van der Waals surface area contributed by atoms with Crippen LogP contribution in [0.1, 0.15) is 11.1 Å². The molecule has 2 aromatic carbocycles. The van der Waals surface area contributed by atoms with Crippen molar-refractivity contribution in [2.24, 2.45) is 0 Å². The lowest BCUT2D eigenvalue weighted by Crippen LogP contribution is -2.06. The highest BCUT2D eigenvalue weighted by Gasteiger charge is 2.30. The van der Waals surface area contributed by atoms with Gasteiger partial charge in [-0.25, -0.2) is 0 Å². The fraction of sp³-hybridized carbons (Fsp3) is 0.200. The van der Waals surface area contributed by atoms with E-state index in [1.165, 1.54) is 6.07 Å². The molecule has 0 bridgehead atoms. The lowest BCUT2D eigenvalue weighted by atomic mass is 10.1. The lowest BCUT2D eigenvalue weighted by molar-refractivity contribution is -0.137. The maximum atomic E-state index is 12.5. The second-order valence-electron chi connectivity index (χ2n) is 4.60. The Morgan fingerprint density at radius 3 is 2.24 bits per heavy atom. The van der Waals surface area contributed by atoms with Gasteiger partial charge >= 0.3 is 6.18 Å². The third-order valence-corrected chi connectivity index (χ3v) is 3.01. The van der Waals surface area contributed by atoms with E-state index in [9.17, 15) is 13.2 Å². The van der Waals surface area contributed by atoms with E-state index < -0.39 is 11.7 Å². The molecule has 2 aromatic rings. The van der Waals surface area contributed by atoms with Gasteiger partial charge in [-0.15, -0.1) is 0 Å². The lowest BCUT2D eigenvalue weighted by Gasteiger charge is -2.13. The number of aliphatic hydroxyl groups excluding tert-OH is 1. The van der Waals surface area contributed by atoms with E-state index in [1.807, 2.05) is 12.1 Å². The van der Waals surface area contributed by atoms with Crippen LogP contribution in [-0.2, 0) is 12.6 Å². The van der Waals surface area contributed by atoms with Crippen LogP contribution in [0.2, 0.25) is 0 Å². The fourth-order valence-corrected chi connectivity index (χ4v) is 1.89. The average Bonchev–Trinajstić information content (AvgIpc) is 2.42. The monoisotopic (exact) mass is 296 g/mol. The Balaban J connectivity index is 2.16. The Kier molecular flexibility index (Phi) is 4.37. The minimum atomic E-state index is -4.40. The van der Waals surface area contributed by atoms with E-state index in [4.69, 9.17) is 10.8 Å². The summed E-state index contributed by atoms with van der Waals surface area (Å²) in [6, 6.07) is 10.4. The van der Waals surface area contributed by atoms with Crippen molar-refractivity contribution in [2.75, 3.05) is 17.7 Å². The second kappa shape index (κ2) is 6.05. The Morgan fingerprint density at radius 1 is 1.05 bits per heavy atom. The largest absolute Gasteiger partial charge is 0.416 e. The van der Waals surface area contributed by atoms with Crippen molar-refractivity contribution in [2.45, 2.75) is 12.6 Å². The number of benzene rings is 2. The van der Waals surface area contributed by atoms with E-state index in [1.54, 1.807) is 12.1 Å². The van der Waals surface area contributed by atoms with Gasteiger partial charge in [0.25, 0.3) is 0 Å². The third kappa shape index (κ3) is 3.88. The first-order valence-electron chi connectivity index (χ1n) is 6.33. The van der Waals surface area contributed by atoms with Crippen molar-refractivity contribution in [3.05, 3.63) is 53.6 Å². The number of aliphatic hydroxyl groups is 1. The number of nitrogens with two attached hydrogens (primary N) is 1. The molecular weight excluding hydrogens is 281 g/mol. The van der Waals surface area contributed by atoms with Crippen molar-refractivity contribution in [3.8, 4) is 0 Å². The molecule has 0 aromatic heterocycles. The second-order valence-corrected chi connectivity index (χ2v) is 4.60. The van der Waals surface area contributed by atoms with Crippen molar-refractivity contribution in [1.82, 2.24) is 0 Å². The van der Waals surface area contributed by atoms with E-state index in [2.05, 4.69) is 5.32 Å². The molecule has 0 amide bonds. The number of alkyl halides is 3. The first-order chi connectivity index (χ1) is 9.90. The van der Waals surface area contributed by atoms with Crippen LogP contribution in [0.4, 0.5) is 30.2 Å². The average molecular weight is 296 g/mol. The number of rotatable bonds is 4. The number of nitrogen functional groups attached to an aromatic ring is 1. The Morgan fingerprint density at radius 2 is 1.71 bits per heavy atom. The highest BCUT2D eigenvalue weighted by Crippen LogP contribution is 2.33. The molecule has 0 spiro atoms. The molecule has 0 saturated carbocycles. The molecule has 2 rings (SSSR count). The van der Waals surface area contributed by atoms with Gasteiger partial charge < -0.3 is 16.2 Å². The van der Waals surface area contributed by atoms with Crippen LogP contribution in [0.5, 0.6) is 0 Å². The minimum absolute atomic E-state index is 0.0317. The van der Waals surface area contributed by atoms with Crippen molar-refractivity contribution in [3.63, 3.8) is 0 Å². The van der Waals surface area contributed by atoms with Gasteiger partial charge in [0.15, 0.2) is 0 Å². The summed E-state index contributed by atoms with van der Waals surface area (Å²) >= 11 is 0. The number of nitrogens with one attached hydrogen (secondary N) is 1. The molecule has 0 aliphatic carbocycles. The van der Waals surface area contributed by atoms with E-state index >= 15 is 0 Å².